The van der Waals surface area contributed by atoms with Crippen LogP contribution in [0.5, 0.6) is 0 Å². The summed E-state index contributed by atoms with van der Waals surface area (Å²) in [5, 5.41) is 3.38. The Morgan fingerprint density at radius 3 is 2.75 bits per heavy atom. The zero-order valence-electron chi connectivity index (χ0n) is 9.20. The molecule has 1 nitrogen and oxygen atoms in total. The molecule has 1 aromatic rings. The van der Waals surface area contributed by atoms with E-state index in [1.165, 1.54) is 5.56 Å². The van der Waals surface area contributed by atoms with E-state index in [1.807, 2.05) is 24.3 Å². The third kappa shape index (κ3) is 3.31. The summed E-state index contributed by atoms with van der Waals surface area (Å²) in [5.41, 5.74) is 1.28. The Bertz CT molecular complexity index is 381. The standard InChI is InChI=1S/C14H16FN/c15-14-8-6-13(7-9-14)11-16-10-12-4-2-1-3-5-12/h1-6,8-9,13,16H,7,10-11H2. The van der Waals surface area contributed by atoms with Crippen LogP contribution in [-0.4, -0.2) is 6.54 Å². The molecule has 0 amide bonds. The molecule has 0 heterocycles. The van der Waals surface area contributed by atoms with Crippen molar-refractivity contribution in [2.24, 2.45) is 5.92 Å². The summed E-state index contributed by atoms with van der Waals surface area (Å²) in [5.74, 6) is 0.308. The smallest absolute Gasteiger partial charge is 0.118 e. The molecule has 0 radical (unpaired) electrons. The molecule has 1 aliphatic rings. The molecule has 16 heavy (non-hydrogen) atoms. The van der Waals surface area contributed by atoms with Crippen LogP contribution in [0.4, 0.5) is 4.39 Å². The van der Waals surface area contributed by atoms with Crippen LogP contribution < -0.4 is 5.32 Å². The molecule has 0 fully saturated rings. The number of nitrogens with one attached hydrogen (secondary N) is 1. The molecular formula is C14H16FN. The quantitative estimate of drug-likeness (QED) is 0.816. The molecule has 1 aliphatic carbocycles. The summed E-state index contributed by atoms with van der Waals surface area (Å²) < 4.78 is 12.7. The fourth-order valence-corrected chi connectivity index (χ4v) is 1.79. The molecule has 0 saturated carbocycles. The van der Waals surface area contributed by atoms with E-state index >= 15 is 0 Å². The Morgan fingerprint density at radius 2 is 2.06 bits per heavy atom. The van der Waals surface area contributed by atoms with Crippen molar-refractivity contribution in [1.29, 1.82) is 0 Å². The average molecular weight is 217 g/mol. The van der Waals surface area contributed by atoms with Crippen molar-refractivity contribution < 1.29 is 4.39 Å². The lowest BCUT2D eigenvalue weighted by Crippen LogP contribution is -2.21. The highest BCUT2D eigenvalue weighted by atomic mass is 19.1. The van der Waals surface area contributed by atoms with Gasteiger partial charge in [0.25, 0.3) is 0 Å². The van der Waals surface area contributed by atoms with E-state index in [0.717, 1.165) is 19.5 Å². The van der Waals surface area contributed by atoms with Gasteiger partial charge in [-0.2, -0.15) is 0 Å². The SMILES string of the molecule is FC1=CCC(CNCc2ccccc2)C=C1. The lowest BCUT2D eigenvalue weighted by molar-refractivity contribution is 0.542. The van der Waals surface area contributed by atoms with Gasteiger partial charge in [-0.1, -0.05) is 36.4 Å². The normalized spacial score (nSPS) is 19.6. The van der Waals surface area contributed by atoms with Gasteiger partial charge in [-0.3, -0.25) is 0 Å². The maximum absolute atomic E-state index is 12.7. The van der Waals surface area contributed by atoms with Crippen LogP contribution in [0.15, 0.2) is 54.4 Å². The van der Waals surface area contributed by atoms with Crippen molar-refractivity contribution in [1.82, 2.24) is 5.32 Å². The summed E-state index contributed by atoms with van der Waals surface area (Å²) in [6.07, 6.45) is 5.94. The second-order valence-electron chi connectivity index (χ2n) is 4.06. The molecule has 0 bridgehead atoms. The van der Waals surface area contributed by atoms with E-state index in [-0.39, 0.29) is 5.83 Å². The zero-order valence-corrected chi connectivity index (χ0v) is 9.20. The molecule has 1 N–H and O–H groups in total. The molecular weight excluding hydrogens is 201 g/mol. The van der Waals surface area contributed by atoms with E-state index in [0.29, 0.717) is 5.92 Å². The van der Waals surface area contributed by atoms with Crippen LogP contribution in [0, 0.1) is 5.92 Å². The molecule has 0 aromatic heterocycles. The van der Waals surface area contributed by atoms with Gasteiger partial charge in [-0.25, -0.2) is 4.39 Å². The van der Waals surface area contributed by atoms with E-state index in [2.05, 4.69) is 17.4 Å². The Labute approximate surface area is 95.7 Å². The van der Waals surface area contributed by atoms with Crippen LogP contribution in [0.3, 0.4) is 0 Å². The highest BCUT2D eigenvalue weighted by Crippen LogP contribution is 2.16. The number of benzene rings is 1. The van der Waals surface area contributed by atoms with Gasteiger partial charge in [0.05, 0.1) is 0 Å². The van der Waals surface area contributed by atoms with Crippen LogP contribution in [0.25, 0.3) is 0 Å². The lowest BCUT2D eigenvalue weighted by Gasteiger charge is -2.14. The van der Waals surface area contributed by atoms with Crippen LogP contribution in [-0.2, 0) is 6.54 Å². The first-order valence-electron chi connectivity index (χ1n) is 5.63. The third-order valence-corrected chi connectivity index (χ3v) is 2.72. The first-order valence-corrected chi connectivity index (χ1v) is 5.63. The minimum absolute atomic E-state index is 0.112. The van der Waals surface area contributed by atoms with Crippen molar-refractivity contribution in [3.8, 4) is 0 Å². The Balaban J connectivity index is 1.72. The van der Waals surface area contributed by atoms with Crippen molar-refractivity contribution in [2.75, 3.05) is 6.54 Å². The third-order valence-electron chi connectivity index (χ3n) is 2.72. The van der Waals surface area contributed by atoms with E-state index < -0.39 is 0 Å². The molecule has 1 aromatic carbocycles. The van der Waals surface area contributed by atoms with Crippen LogP contribution in [0.2, 0.25) is 0 Å². The molecule has 2 heteroatoms. The minimum atomic E-state index is -0.112. The van der Waals surface area contributed by atoms with Gasteiger partial charge in [0.15, 0.2) is 0 Å². The van der Waals surface area contributed by atoms with Crippen molar-refractivity contribution in [3.63, 3.8) is 0 Å². The van der Waals surface area contributed by atoms with Gasteiger partial charge < -0.3 is 5.32 Å². The summed E-state index contributed by atoms with van der Waals surface area (Å²) in [6.45, 7) is 1.77. The largest absolute Gasteiger partial charge is 0.312 e. The summed E-state index contributed by atoms with van der Waals surface area (Å²) in [6, 6.07) is 10.3. The molecule has 0 aliphatic heterocycles. The Hall–Kier alpha value is -1.41. The average Bonchev–Trinajstić information content (AvgIpc) is 2.33. The maximum Gasteiger partial charge on any atom is 0.118 e. The number of allylic oxidation sites excluding steroid dienone is 3. The van der Waals surface area contributed by atoms with E-state index in [1.54, 1.807) is 12.2 Å². The maximum atomic E-state index is 12.7. The number of hydrogen-bond donors (Lipinski definition) is 1. The Kier molecular flexibility index (Phi) is 3.89. The molecule has 1 unspecified atom stereocenters. The number of rotatable bonds is 4. The van der Waals surface area contributed by atoms with E-state index in [9.17, 15) is 4.39 Å². The second kappa shape index (κ2) is 5.61. The van der Waals surface area contributed by atoms with Crippen LogP contribution in [0.1, 0.15) is 12.0 Å². The molecule has 0 spiro atoms. The predicted octanol–water partition coefficient (Wildman–Crippen LogP) is 3.21. The second-order valence-corrected chi connectivity index (χ2v) is 4.06. The molecule has 84 valence electrons. The molecule has 0 saturated heterocycles. The fraction of sp³-hybridized carbons (Fsp3) is 0.286. The van der Waals surface area contributed by atoms with E-state index in [4.69, 9.17) is 0 Å². The van der Waals surface area contributed by atoms with Crippen molar-refractivity contribution in [2.45, 2.75) is 13.0 Å². The summed E-state index contributed by atoms with van der Waals surface area (Å²) in [7, 11) is 0. The number of hydrogen-bond acceptors (Lipinski definition) is 1. The van der Waals surface area contributed by atoms with Gasteiger partial charge >= 0.3 is 0 Å². The first kappa shape index (κ1) is 11.1. The van der Waals surface area contributed by atoms with Gasteiger partial charge in [0, 0.05) is 13.1 Å². The highest BCUT2D eigenvalue weighted by molar-refractivity contribution is 5.18. The fourth-order valence-electron chi connectivity index (χ4n) is 1.79. The van der Waals surface area contributed by atoms with Gasteiger partial charge in [-0.05, 0) is 30.1 Å². The summed E-state index contributed by atoms with van der Waals surface area (Å²) in [4.78, 5) is 0. The highest BCUT2D eigenvalue weighted by Gasteiger charge is 2.07. The van der Waals surface area contributed by atoms with Gasteiger partial charge in [0.1, 0.15) is 5.83 Å². The topological polar surface area (TPSA) is 12.0 Å². The number of halogens is 1. The lowest BCUT2D eigenvalue weighted by atomic mass is 10.0. The molecule has 2 rings (SSSR count). The Morgan fingerprint density at radius 1 is 1.25 bits per heavy atom. The summed E-state index contributed by atoms with van der Waals surface area (Å²) >= 11 is 0. The van der Waals surface area contributed by atoms with Gasteiger partial charge in [0.2, 0.25) is 0 Å². The van der Waals surface area contributed by atoms with Crippen molar-refractivity contribution in [3.05, 3.63) is 60.0 Å². The molecule has 1 atom stereocenters. The van der Waals surface area contributed by atoms with Crippen molar-refractivity contribution >= 4 is 0 Å². The monoisotopic (exact) mass is 217 g/mol. The predicted molar refractivity (Wildman–Crippen MR) is 64.6 cm³/mol. The van der Waals surface area contributed by atoms with Gasteiger partial charge in [-0.15, -0.1) is 0 Å². The van der Waals surface area contributed by atoms with Crippen LogP contribution >= 0.6 is 0 Å². The zero-order chi connectivity index (χ0) is 11.2. The first-order chi connectivity index (χ1) is 7.84. The minimum Gasteiger partial charge on any atom is -0.312 e.